The number of nitrogens with one attached hydrogen (secondary N) is 1. The average Bonchev–Trinajstić information content (AvgIpc) is 3.44. The second-order valence-corrected chi connectivity index (χ2v) is 8.94. The van der Waals surface area contributed by atoms with Crippen molar-refractivity contribution < 1.29 is 14.0 Å². The summed E-state index contributed by atoms with van der Waals surface area (Å²) in [7, 11) is 0. The molecule has 0 aliphatic carbocycles. The van der Waals surface area contributed by atoms with Crippen molar-refractivity contribution in [2.75, 3.05) is 0 Å². The maximum Gasteiger partial charge on any atom is 0.287 e. The van der Waals surface area contributed by atoms with Gasteiger partial charge in [0.05, 0.1) is 23.2 Å². The minimum absolute atomic E-state index is 0.158. The zero-order chi connectivity index (χ0) is 23.4. The number of benzene rings is 2. The lowest BCUT2D eigenvalue weighted by Gasteiger charge is -2.13. The smallest absolute Gasteiger partial charge is 0.287 e. The number of aromatic nitrogens is 1. The van der Waals surface area contributed by atoms with Crippen LogP contribution in [-0.4, -0.2) is 16.4 Å². The summed E-state index contributed by atoms with van der Waals surface area (Å²) in [4.78, 5) is 29.8. The van der Waals surface area contributed by atoms with Crippen molar-refractivity contribution in [3.8, 4) is 0 Å². The first-order valence-electron chi connectivity index (χ1n) is 10.0. The molecule has 9 heteroatoms. The Kier molecular flexibility index (Phi) is 7.13. The van der Waals surface area contributed by atoms with Gasteiger partial charge in [0.25, 0.3) is 11.8 Å². The summed E-state index contributed by atoms with van der Waals surface area (Å²) in [6.45, 7) is 2.22. The third-order valence-electron chi connectivity index (χ3n) is 4.88. The van der Waals surface area contributed by atoms with Crippen molar-refractivity contribution >= 4 is 46.4 Å². The summed E-state index contributed by atoms with van der Waals surface area (Å²) < 4.78 is 7.51. The van der Waals surface area contributed by atoms with Crippen molar-refractivity contribution in [1.29, 1.82) is 0 Å². The molecule has 2 amide bonds. The predicted octanol–water partition coefficient (Wildman–Crippen LogP) is 5.73. The highest BCUT2D eigenvalue weighted by Gasteiger charge is 2.16. The van der Waals surface area contributed by atoms with Crippen LogP contribution in [-0.2, 0) is 6.54 Å². The molecule has 2 heterocycles. The van der Waals surface area contributed by atoms with Gasteiger partial charge < -0.3 is 14.3 Å². The number of hydrogen-bond donors (Lipinski definition) is 1. The first-order chi connectivity index (χ1) is 15.9. The molecule has 1 N–H and O–H groups in total. The van der Waals surface area contributed by atoms with E-state index in [1.165, 1.54) is 17.4 Å². The third-order valence-corrected chi connectivity index (χ3v) is 6.22. The summed E-state index contributed by atoms with van der Waals surface area (Å²) in [6, 6.07) is 17.5. The first kappa shape index (κ1) is 23.0. The van der Waals surface area contributed by atoms with Crippen molar-refractivity contribution in [2.45, 2.75) is 19.5 Å². The van der Waals surface area contributed by atoms with Crippen LogP contribution in [0.15, 0.2) is 81.7 Å². The van der Waals surface area contributed by atoms with E-state index in [1.807, 2.05) is 42.6 Å². The highest BCUT2D eigenvalue weighted by molar-refractivity contribution is 7.07. The topological polar surface area (TPSA) is 76.6 Å². The standard InChI is InChI=1S/C24H19Cl2N3O3S/c1-15(16-5-3-2-4-6-16)27-23(31)21-10-8-18(32-21)14-29-11-12-33-24(29)28-22(30)19-9-7-17(25)13-20(19)26/h2-13,15H,14H2,1H3,(H,27,31). The van der Waals surface area contributed by atoms with Gasteiger partial charge in [0, 0.05) is 16.6 Å². The Morgan fingerprint density at radius 2 is 1.91 bits per heavy atom. The molecule has 168 valence electrons. The number of carbonyl (C=O) groups excluding carboxylic acids is 2. The predicted molar refractivity (Wildman–Crippen MR) is 129 cm³/mol. The van der Waals surface area contributed by atoms with Gasteiger partial charge in [0.1, 0.15) is 5.76 Å². The van der Waals surface area contributed by atoms with Crippen LogP contribution in [0.5, 0.6) is 0 Å². The molecule has 1 unspecified atom stereocenters. The van der Waals surface area contributed by atoms with Crippen LogP contribution < -0.4 is 10.1 Å². The maximum atomic E-state index is 12.6. The van der Waals surface area contributed by atoms with E-state index in [1.54, 1.807) is 35.0 Å². The van der Waals surface area contributed by atoms with Gasteiger partial charge >= 0.3 is 0 Å². The molecule has 0 bridgehead atoms. The van der Waals surface area contributed by atoms with Crippen molar-refractivity contribution in [1.82, 2.24) is 9.88 Å². The molecule has 0 saturated heterocycles. The van der Waals surface area contributed by atoms with Crippen LogP contribution in [0.25, 0.3) is 0 Å². The van der Waals surface area contributed by atoms with Crippen LogP contribution in [0.2, 0.25) is 10.0 Å². The second-order valence-electron chi connectivity index (χ2n) is 7.23. The van der Waals surface area contributed by atoms with Crippen LogP contribution in [0.1, 0.15) is 45.2 Å². The Morgan fingerprint density at radius 3 is 2.67 bits per heavy atom. The Morgan fingerprint density at radius 1 is 1.12 bits per heavy atom. The van der Waals surface area contributed by atoms with Crippen molar-refractivity contribution in [3.05, 3.63) is 110 Å². The summed E-state index contributed by atoms with van der Waals surface area (Å²) in [5.41, 5.74) is 1.27. The summed E-state index contributed by atoms with van der Waals surface area (Å²) in [6.07, 6.45) is 1.79. The molecule has 0 spiro atoms. The SMILES string of the molecule is CC(NC(=O)c1ccc(Cn2ccsc2=NC(=O)c2ccc(Cl)cc2Cl)o1)c1ccccc1. The van der Waals surface area contributed by atoms with E-state index >= 15 is 0 Å². The molecular weight excluding hydrogens is 481 g/mol. The Balaban J connectivity index is 1.47. The van der Waals surface area contributed by atoms with Gasteiger partial charge in [-0.1, -0.05) is 53.5 Å². The van der Waals surface area contributed by atoms with Crippen LogP contribution in [0.3, 0.4) is 0 Å². The van der Waals surface area contributed by atoms with E-state index in [0.717, 1.165) is 5.56 Å². The Bertz CT molecular complexity index is 1360. The van der Waals surface area contributed by atoms with E-state index in [-0.39, 0.29) is 28.3 Å². The lowest BCUT2D eigenvalue weighted by Crippen LogP contribution is -2.26. The number of carbonyl (C=O) groups is 2. The monoisotopic (exact) mass is 499 g/mol. The number of halogens is 2. The van der Waals surface area contributed by atoms with E-state index in [2.05, 4.69) is 10.3 Å². The average molecular weight is 500 g/mol. The molecule has 4 rings (SSSR count). The van der Waals surface area contributed by atoms with Gasteiger partial charge in [-0.3, -0.25) is 9.59 Å². The molecule has 2 aromatic carbocycles. The van der Waals surface area contributed by atoms with Crippen molar-refractivity contribution in [3.63, 3.8) is 0 Å². The number of amides is 2. The van der Waals surface area contributed by atoms with Crippen LogP contribution >= 0.6 is 34.5 Å². The molecule has 0 aliphatic heterocycles. The number of hydrogen-bond acceptors (Lipinski definition) is 4. The molecule has 2 aromatic heterocycles. The first-order valence-corrected chi connectivity index (χ1v) is 11.7. The largest absolute Gasteiger partial charge is 0.454 e. The molecule has 1 atom stereocenters. The fourth-order valence-corrected chi connectivity index (χ4v) is 4.38. The Hall–Kier alpha value is -3.13. The van der Waals surface area contributed by atoms with Gasteiger partial charge in [-0.05, 0) is 42.8 Å². The highest BCUT2D eigenvalue weighted by Crippen LogP contribution is 2.21. The summed E-state index contributed by atoms with van der Waals surface area (Å²) in [5.74, 6) is 0.00290. The fourth-order valence-electron chi connectivity index (χ4n) is 3.16. The molecule has 4 aromatic rings. The minimum atomic E-state index is -0.470. The zero-order valence-electron chi connectivity index (χ0n) is 17.5. The molecule has 6 nitrogen and oxygen atoms in total. The zero-order valence-corrected chi connectivity index (χ0v) is 19.8. The normalized spacial score (nSPS) is 12.5. The number of rotatable bonds is 6. The molecule has 33 heavy (non-hydrogen) atoms. The molecule has 0 saturated carbocycles. The van der Waals surface area contributed by atoms with Crippen LogP contribution in [0, 0.1) is 0 Å². The third kappa shape index (κ3) is 5.63. The number of nitrogens with zero attached hydrogens (tertiary/aromatic N) is 2. The number of thiazole rings is 1. The lowest BCUT2D eigenvalue weighted by molar-refractivity contribution is 0.0909. The maximum absolute atomic E-state index is 12.6. The number of furan rings is 1. The highest BCUT2D eigenvalue weighted by atomic mass is 35.5. The molecule has 0 radical (unpaired) electrons. The quantitative estimate of drug-likeness (QED) is 0.368. The van der Waals surface area contributed by atoms with E-state index < -0.39 is 5.91 Å². The molecule has 0 fully saturated rings. The van der Waals surface area contributed by atoms with Gasteiger partial charge in [-0.25, -0.2) is 0 Å². The van der Waals surface area contributed by atoms with Gasteiger partial charge in [-0.2, -0.15) is 4.99 Å². The minimum Gasteiger partial charge on any atom is -0.454 e. The van der Waals surface area contributed by atoms with Gasteiger partial charge in [0.2, 0.25) is 0 Å². The molecular formula is C24H19Cl2N3O3S. The van der Waals surface area contributed by atoms with Gasteiger partial charge in [-0.15, -0.1) is 11.3 Å². The second kappa shape index (κ2) is 10.2. The Labute approximate surface area is 204 Å². The summed E-state index contributed by atoms with van der Waals surface area (Å²) in [5, 5.41) is 5.42. The molecule has 0 aliphatic rings. The van der Waals surface area contributed by atoms with Crippen LogP contribution in [0.4, 0.5) is 0 Å². The van der Waals surface area contributed by atoms with Crippen molar-refractivity contribution in [2.24, 2.45) is 4.99 Å². The van der Waals surface area contributed by atoms with E-state index in [4.69, 9.17) is 27.6 Å². The van der Waals surface area contributed by atoms with Gasteiger partial charge in [0.15, 0.2) is 10.6 Å². The lowest BCUT2D eigenvalue weighted by atomic mass is 10.1. The van der Waals surface area contributed by atoms with E-state index in [0.29, 0.717) is 22.1 Å². The fraction of sp³-hybridized carbons (Fsp3) is 0.125. The summed E-state index contributed by atoms with van der Waals surface area (Å²) >= 11 is 13.3. The van der Waals surface area contributed by atoms with E-state index in [9.17, 15) is 9.59 Å².